The van der Waals surface area contributed by atoms with Crippen LogP contribution in [0.1, 0.15) is 30.0 Å². The van der Waals surface area contributed by atoms with E-state index in [9.17, 15) is 0 Å². The lowest BCUT2D eigenvalue weighted by Crippen LogP contribution is -2.26. The van der Waals surface area contributed by atoms with Crippen molar-refractivity contribution in [3.8, 4) is 0 Å². The first-order chi connectivity index (χ1) is 7.74. The van der Waals surface area contributed by atoms with Crippen LogP contribution in [0.25, 0.3) is 0 Å². The smallest absolute Gasteiger partial charge is 0.0432 e. The summed E-state index contributed by atoms with van der Waals surface area (Å²) < 4.78 is 0. The number of nitrogens with two attached hydrogens (primary N) is 1. The molecule has 2 nitrogen and oxygen atoms in total. The maximum Gasteiger partial charge on any atom is 0.0432 e. The predicted molar refractivity (Wildman–Crippen MR) is 68.0 cm³/mol. The van der Waals surface area contributed by atoms with Crippen LogP contribution < -0.4 is 10.6 Å². The van der Waals surface area contributed by atoms with Gasteiger partial charge in [-0.3, -0.25) is 0 Å². The number of hydrogen-bond donors (Lipinski definition) is 1. The summed E-state index contributed by atoms with van der Waals surface area (Å²) in [5.74, 6) is 0. The first-order valence-corrected chi connectivity index (χ1v) is 6.39. The summed E-state index contributed by atoms with van der Waals surface area (Å²) in [6.45, 7) is 4.57. The minimum absolute atomic E-state index is 0.270. The lowest BCUT2D eigenvalue weighted by molar-refractivity contribution is 0.714. The molecule has 0 amide bonds. The summed E-state index contributed by atoms with van der Waals surface area (Å²) in [4.78, 5) is 2.56. The van der Waals surface area contributed by atoms with Crippen molar-refractivity contribution in [2.75, 3.05) is 18.0 Å². The van der Waals surface area contributed by atoms with E-state index in [0.29, 0.717) is 0 Å². The predicted octanol–water partition coefficient (Wildman–Crippen LogP) is 1.89. The molecular formula is C14H20N2. The van der Waals surface area contributed by atoms with Crippen LogP contribution in [0.3, 0.4) is 0 Å². The Morgan fingerprint density at radius 1 is 1.25 bits per heavy atom. The maximum absolute atomic E-state index is 5.89. The van der Waals surface area contributed by atoms with Crippen LogP contribution >= 0.6 is 0 Å². The molecular weight excluding hydrogens is 196 g/mol. The van der Waals surface area contributed by atoms with Gasteiger partial charge >= 0.3 is 0 Å². The van der Waals surface area contributed by atoms with Gasteiger partial charge in [-0.05, 0) is 49.3 Å². The number of anilines is 1. The van der Waals surface area contributed by atoms with Crippen molar-refractivity contribution in [1.82, 2.24) is 0 Å². The van der Waals surface area contributed by atoms with Crippen LogP contribution in [-0.4, -0.2) is 19.1 Å². The molecule has 0 saturated heterocycles. The molecule has 0 aliphatic carbocycles. The molecule has 0 spiro atoms. The second-order valence-electron chi connectivity index (χ2n) is 5.28. The largest absolute Gasteiger partial charge is 0.371 e. The SMILES string of the molecule is CC(N)Cc1cc2c3c(c1)CCN3CCC2. The zero-order chi connectivity index (χ0) is 11.1. The summed E-state index contributed by atoms with van der Waals surface area (Å²) in [7, 11) is 0. The molecule has 2 aliphatic rings. The molecule has 3 rings (SSSR count). The normalized spacial score (nSPS) is 19.8. The van der Waals surface area contributed by atoms with Crippen molar-refractivity contribution in [1.29, 1.82) is 0 Å². The van der Waals surface area contributed by atoms with Gasteiger partial charge in [-0.1, -0.05) is 12.1 Å². The molecule has 0 aromatic heterocycles. The highest BCUT2D eigenvalue weighted by atomic mass is 15.2. The fourth-order valence-electron chi connectivity index (χ4n) is 3.16. The van der Waals surface area contributed by atoms with Gasteiger partial charge in [-0.15, -0.1) is 0 Å². The van der Waals surface area contributed by atoms with Gasteiger partial charge in [0.25, 0.3) is 0 Å². The molecule has 0 saturated carbocycles. The van der Waals surface area contributed by atoms with Gasteiger partial charge in [0.05, 0.1) is 0 Å². The molecule has 2 N–H and O–H groups in total. The molecule has 0 bridgehead atoms. The Morgan fingerprint density at radius 3 is 2.75 bits per heavy atom. The van der Waals surface area contributed by atoms with Crippen LogP contribution in [0, 0.1) is 0 Å². The average molecular weight is 216 g/mol. The van der Waals surface area contributed by atoms with Crippen molar-refractivity contribution in [2.45, 2.75) is 38.6 Å². The molecule has 0 radical (unpaired) electrons. The van der Waals surface area contributed by atoms with Gasteiger partial charge in [-0.2, -0.15) is 0 Å². The minimum Gasteiger partial charge on any atom is -0.371 e. The molecule has 1 aromatic carbocycles. The van der Waals surface area contributed by atoms with Crippen LogP contribution in [-0.2, 0) is 19.3 Å². The number of nitrogens with zero attached hydrogens (tertiary/aromatic N) is 1. The first-order valence-electron chi connectivity index (χ1n) is 6.39. The standard InChI is InChI=1S/C14H20N2/c1-10(15)7-11-8-12-3-2-5-16-6-4-13(9-11)14(12)16/h8-10H,2-7,15H2,1H3. The fraction of sp³-hybridized carbons (Fsp3) is 0.571. The summed E-state index contributed by atoms with van der Waals surface area (Å²) in [6, 6.07) is 5.04. The zero-order valence-corrected chi connectivity index (χ0v) is 10.00. The van der Waals surface area contributed by atoms with Crippen molar-refractivity contribution < 1.29 is 0 Å². The zero-order valence-electron chi connectivity index (χ0n) is 10.00. The molecule has 2 heterocycles. The monoisotopic (exact) mass is 216 g/mol. The van der Waals surface area contributed by atoms with E-state index in [0.717, 1.165) is 6.42 Å². The highest BCUT2D eigenvalue weighted by Gasteiger charge is 2.25. The van der Waals surface area contributed by atoms with E-state index in [-0.39, 0.29) is 6.04 Å². The quantitative estimate of drug-likeness (QED) is 0.818. The lowest BCUT2D eigenvalue weighted by atomic mass is 9.95. The minimum atomic E-state index is 0.270. The molecule has 2 heteroatoms. The van der Waals surface area contributed by atoms with E-state index in [4.69, 9.17) is 5.73 Å². The molecule has 86 valence electrons. The Labute approximate surface area is 97.4 Å². The Hall–Kier alpha value is -1.02. The summed E-state index contributed by atoms with van der Waals surface area (Å²) in [6.07, 6.45) is 4.81. The molecule has 0 fully saturated rings. The van der Waals surface area contributed by atoms with Gasteiger partial charge in [0.15, 0.2) is 0 Å². The number of aryl methyl sites for hydroxylation is 1. The Balaban J connectivity index is 2.01. The van der Waals surface area contributed by atoms with Gasteiger partial charge in [0, 0.05) is 24.8 Å². The first kappa shape index (κ1) is 10.2. The van der Waals surface area contributed by atoms with E-state index in [2.05, 4.69) is 24.0 Å². The average Bonchev–Trinajstić information content (AvgIpc) is 2.62. The maximum atomic E-state index is 5.89. The van der Waals surface area contributed by atoms with E-state index in [1.54, 1.807) is 16.8 Å². The van der Waals surface area contributed by atoms with Gasteiger partial charge in [0.1, 0.15) is 0 Å². The van der Waals surface area contributed by atoms with Crippen LogP contribution in [0.4, 0.5) is 5.69 Å². The molecule has 2 aliphatic heterocycles. The third-order valence-corrected chi connectivity index (χ3v) is 3.73. The number of rotatable bonds is 2. The van der Waals surface area contributed by atoms with Crippen molar-refractivity contribution in [3.05, 3.63) is 28.8 Å². The number of benzene rings is 1. The fourth-order valence-corrected chi connectivity index (χ4v) is 3.16. The molecule has 16 heavy (non-hydrogen) atoms. The van der Waals surface area contributed by atoms with E-state index >= 15 is 0 Å². The summed E-state index contributed by atoms with van der Waals surface area (Å²) >= 11 is 0. The Kier molecular flexibility index (Phi) is 2.40. The third kappa shape index (κ3) is 1.61. The van der Waals surface area contributed by atoms with Crippen LogP contribution in [0.15, 0.2) is 12.1 Å². The third-order valence-electron chi connectivity index (χ3n) is 3.73. The van der Waals surface area contributed by atoms with E-state index < -0.39 is 0 Å². The van der Waals surface area contributed by atoms with Crippen molar-refractivity contribution in [2.24, 2.45) is 5.73 Å². The van der Waals surface area contributed by atoms with Crippen molar-refractivity contribution >= 4 is 5.69 Å². The van der Waals surface area contributed by atoms with Crippen LogP contribution in [0.5, 0.6) is 0 Å². The van der Waals surface area contributed by atoms with Crippen LogP contribution in [0.2, 0.25) is 0 Å². The van der Waals surface area contributed by atoms with E-state index in [1.807, 2.05) is 0 Å². The Bertz CT molecular complexity index is 409. The highest BCUT2D eigenvalue weighted by Crippen LogP contribution is 2.36. The second-order valence-corrected chi connectivity index (χ2v) is 5.28. The lowest BCUT2D eigenvalue weighted by Gasteiger charge is -2.27. The molecule has 1 aromatic rings. The van der Waals surface area contributed by atoms with Gasteiger partial charge in [-0.25, -0.2) is 0 Å². The second kappa shape index (κ2) is 3.77. The van der Waals surface area contributed by atoms with Gasteiger partial charge < -0.3 is 10.6 Å². The van der Waals surface area contributed by atoms with E-state index in [1.165, 1.54) is 37.9 Å². The highest BCUT2D eigenvalue weighted by molar-refractivity contribution is 5.65. The summed E-state index contributed by atoms with van der Waals surface area (Å²) in [5, 5.41) is 0. The Morgan fingerprint density at radius 2 is 2.00 bits per heavy atom. The topological polar surface area (TPSA) is 29.3 Å². The molecule has 1 unspecified atom stereocenters. The summed E-state index contributed by atoms with van der Waals surface area (Å²) in [5.41, 5.74) is 12.0. The molecule has 1 atom stereocenters. The van der Waals surface area contributed by atoms with Gasteiger partial charge in [0.2, 0.25) is 0 Å². The number of hydrogen-bond acceptors (Lipinski definition) is 2. The van der Waals surface area contributed by atoms with Crippen molar-refractivity contribution in [3.63, 3.8) is 0 Å².